The Hall–Kier alpha value is -1.98. The topological polar surface area (TPSA) is 96.4 Å². The minimum atomic E-state index is -1.08. The molecule has 0 saturated carbocycles. The Morgan fingerprint density at radius 3 is 2.84 bits per heavy atom. The number of carbonyl (C=O) groups excluding carboxylic acids is 1. The number of hydrogen-bond acceptors (Lipinski definition) is 8. The van der Waals surface area contributed by atoms with Crippen LogP contribution in [-0.2, 0) is 16.0 Å². The summed E-state index contributed by atoms with van der Waals surface area (Å²) in [5.74, 6) is 0.413. The minimum Gasteiger partial charge on any atom is -0.395 e. The lowest BCUT2D eigenvalue weighted by atomic mass is 9.99. The number of methoxy groups -OCH3 is 1. The van der Waals surface area contributed by atoms with E-state index in [4.69, 9.17) is 9.84 Å². The number of nitrogens with zero attached hydrogens (tertiary/aromatic N) is 2. The van der Waals surface area contributed by atoms with Gasteiger partial charge in [-0.2, -0.15) is 0 Å². The van der Waals surface area contributed by atoms with Gasteiger partial charge in [-0.1, -0.05) is 30.0 Å². The number of amides is 1. The number of anilines is 2. The summed E-state index contributed by atoms with van der Waals surface area (Å²) in [4.78, 5) is 23.6. The standard InChI is InChI=1S/C21H23BrN4O3S2/c1-21(29-2,19(28)23-8-9-27)11-15-13-30-20(25-15)26-18-17(10-14(22)12-24-18)31-16-6-4-3-5-7-16/h3-7,10,12-13,27H,8-9,11H2,1-2H3,(H,23,28)(H,24,25,26). The molecule has 0 saturated heterocycles. The number of pyridine rings is 1. The van der Waals surface area contributed by atoms with Crippen LogP contribution < -0.4 is 10.6 Å². The van der Waals surface area contributed by atoms with E-state index in [1.165, 1.54) is 18.4 Å². The SMILES string of the molecule is COC(C)(Cc1csc(Nc2ncc(Br)cc2Sc2ccccc2)n1)C(=O)NCCO. The summed E-state index contributed by atoms with van der Waals surface area (Å²) < 4.78 is 6.35. The number of aliphatic hydroxyl groups is 1. The lowest BCUT2D eigenvalue weighted by Gasteiger charge is -2.25. The van der Waals surface area contributed by atoms with Gasteiger partial charge in [-0.15, -0.1) is 11.3 Å². The zero-order valence-electron chi connectivity index (χ0n) is 17.1. The van der Waals surface area contributed by atoms with E-state index in [9.17, 15) is 4.79 Å². The molecule has 0 aliphatic heterocycles. The van der Waals surface area contributed by atoms with Crippen LogP contribution >= 0.6 is 39.0 Å². The highest BCUT2D eigenvalue weighted by molar-refractivity contribution is 9.10. The van der Waals surface area contributed by atoms with Gasteiger partial charge in [0.2, 0.25) is 0 Å². The highest BCUT2D eigenvalue weighted by Crippen LogP contribution is 2.36. The van der Waals surface area contributed by atoms with E-state index >= 15 is 0 Å². The van der Waals surface area contributed by atoms with E-state index < -0.39 is 5.60 Å². The first kappa shape index (κ1) is 23.7. The molecule has 2 heterocycles. The summed E-state index contributed by atoms with van der Waals surface area (Å²) >= 11 is 6.53. The van der Waals surface area contributed by atoms with Crippen LogP contribution in [0.2, 0.25) is 0 Å². The van der Waals surface area contributed by atoms with Gasteiger partial charge < -0.3 is 20.5 Å². The van der Waals surface area contributed by atoms with Gasteiger partial charge in [0.25, 0.3) is 5.91 Å². The second kappa shape index (κ2) is 11.1. The molecule has 2 aromatic heterocycles. The van der Waals surface area contributed by atoms with Crippen LogP contribution in [0.4, 0.5) is 10.9 Å². The number of rotatable bonds is 10. The molecule has 0 fully saturated rings. The molecular weight excluding hydrogens is 500 g/mol. The fourth-order valence-corrected chi connectivity index (χ4v) is 4.83. The largest absolute Gasteiger partial charge is 0.395 e. The lowest BCUT2D eigenvalue weighted by Crippen LogP contribution is -2.48. The van der Waals surface area contributed by atoms with Crippen LogP contribution in [0, 0.1) is 0 Å². The Morgan fingerprint density at radius 2 is 2.13 bits per heavy atom. The van der Waals surface area contributed by atoms with Crippen molar-refractivity contribution in [3.63, 3.8) is 0 Å². The van der Waals surface area contributed by atoms with Crippen LogP contribution in [0.3, 0.4) is 0 Å². The number of carbonyl (C=O) groups is 1. The average molecular weight is 523 g/mol. The minimum absolute atomic E-state index is 0.125. The highest BCUT2D eigenvalue weighted by atomic mass is 79.9. The molecule has 0 spiro atoms. The van der Waals surface area contributed by atoms with E-state index in [2.05, 4.69) is 36.5 Å². The predicted octanol–water partition coefficient (Wildman–Crippen LogP) is 4.25. The molecule has 1 amide bonds. The first-order chi connectivity index (χ1) is 14.9. The smallest absolute Gasteiger partial charge is 0.252 e. The van der Waals surface area contributed by atoms with Crippen molar-refractivity contribution in [2.45, 2.75) is 28.7 Å². The number of nitrogens with one attached hydrogen (secondary N) is 2. The van der Waals surface area contributed by atoms with Crippen molar-refractivity contribution >= 4 is 55.9 Å². The second-order valence-corrected chi connectivity index (χ2v) is 9.66. The van der Waals surface area contributed by atoms with Gasteiger partial charge in [-0.05, 0) is 41.1 Å². The Morgan fingerprint density at radius 1 is 1.35 bits per heavy atom. The number of benzene rings is 1. The Kier molecular flexibility index (Phi) is 8.44. The van der Waals surface area contributed by atoms with E-state index in [1.807, 2.05) is 41.8 Å². The summed E-state index contributed by atoms with van der Waals surface area (Å²) in [5.41, 5.74) is -0.351. The fourth-order valence-electron chi connectivity index (χ4n) is 2.70. The second-order valence-electron chi connectivity index (χ2n) is 6.78. The number of aliphatic hydroxyl groups excluding tert-OH is 1. The summed E-state index contributed by atoms with van der Waals surface area (Å²) in [6, 6.07) is 12.1. The third-order valence-corrected chi connectivity index (χ3v) is 6.69. The maximum Gasteiger partial charge on any atom is 0.252 e. The van der Waals surface area contributed by atoms with E-state index in [0.29, 0.717) is 17.4 Å². The fraction of sp³-hybridized carbons (Fsp3) is 0.286. The number of aromatic nitrogens is 2. The van der Waals surface area contributed by atoms with Gasteiger partial charge in [0.1, 0.15) is 11.4 Å². The van der Waals surface area contributed by atoms with Crippen LogP contribution in [0.15, 0.2) is 62.2 Å². The van der Waals surface area contributed by atoms with Crippen molar-refractivity contribution in [3.05, 3.63) is 58.1 Å². The van der Waals surface area contributed by atoms with Crippen molar-refractivity contribution < 1.29 is 14.6 Å². The molecule has 0 aliphatic rings. The Balaban J connectivity index is 1.74. The molecular formula is C21H23BrN4O3S2. The van der Waals surface area contributed by atoms with Gasteiger partial charge in [0, 0.05) is 41.0 Å². The molecule has 0 bridgehead atoms. The van der Waals surface area contributed by atoms with Crippen molar-refractivity contribution in [1.29, 1.82) is 0 Å². The van der Waals surface area contributed by atoms with Crippen molar-refractivity contribution in [2.24, 2.45) is 0 Å². The van der Waals surface area contributed by atoms with Gasteiger partial charge in [-0.25, -0.2) is 9.97 Å². The van der Waals surface area contributed by atoms with Crippen molar-refractivity contribution in [2.75, 3.05) is 25.6 Å². The summed E-state index contributed by atoms with van der Waals surface area (Å²) in [6.07, 6.45) is 2.04. The third-order valence-electron chi connectivity index (χ3n) is 4.41. The molecule has 3 rings (SSSR count). The molecule has 1 atom stereocenters. The van der Waals surface area contributed by atoms with Crippen molar-refractivity contribution in [3.8, 4) is 0 Å². The molecule has 0 radical (unpaired) electrons. The zero-order chi connectivity index (χ0) is 22.3. The number of thiazole rings is 1. The molecule has 3 aromatic rings. The van der Waals surface area contributed by atoms with Gasteiger partial charge in [0.05, 0.1) is 17.2 Å². The Bertz CT molecular complexity index is 1020. The van der Waals surface area contributed by atoms with E-state index in [0.717, 1.165) is 20.0 Å². The molecule has 7 nitrogen and oxygen atoms in total. The molecule has 31 heavy (non-hydrogen) atoms. The molecule has 1 aromatic carbocycles. The van der Waals surface area contributed by atoms with Crippen LogP contribution in [0.25, 0.3) is 0 Å². The molecule has 0 aliphatic carbocycles. The maximum absolute atomic E-state index is 12.4. The normalized spacial score (nSPS) is 12.9. The van der Waals surface area contributed by atoms with E-state index in [-0.39, 0.29) is 19.1 Å². The first-order valence-electron chi connectivity index (χ1n) is 9.47. The average Bonchev–Trinajstić information content (AvgIpc) is 3.21. The van der Waals surface area contributed by atoms with Gasteiger partial charge >= 0.3 is 0 Å². The van der Waals surface area contributed by atoms with Crippen LogP contribution in [-0.4, -0.2) is 46.8 Å². The number of halogens is 1. The lowest BCUT2D eigenvalue weighted by molar-refractivity contribution is -0.141. The summed E-state index contributed by atoms with van der Waals surface area (Å²) in [7, 11) is 1.49. The predicted molar refractivity (Wildman–Crippen MR) is 127 cm³/mol. The first-order valence-corrected chi connectivity index (χ1v) is 12.0. The van der Waals surface area contributed by atoms with Crippen molar-refractivity contribution in [1.82, 2.24) is 15.3 Å². The van der Waals surface area contributed by atoms with Gasteiger partial charge in [-0.3, -0.25) is 4.79 Å². The van der Waals surface area contributed by atoms with Crippen LogP contribution in [0.1, 0.15) is 12.6 Å². The maximum atomic E-state index is 12.4. The monoisotopic (exact) mass is 522 g/mol. The van der Waals surface area contributed by atoms with Gasteiger partial charge in [0.15, 0.2) is 5.13 Å². The molecule has 164 valence electrons. The van der Waals surface area contributed by atoms with Crippen LogP contribution in [0.5, 0.6) is 0 Å². The molecule has 10 heteroatoms. The highest BCUT2D eigenvalue weighted by Gasteiger charge is 2.34. The number of ether oxygens (including phenoxy) is 1. The molecule has 3 N–H and O–H groups in total. The summed E-state index contributed by atoms with van der Waals surface area (Å²) in [5, 5.41) is 17.4. The number of hydrogen-bond donors (Lipinski definition) is 3. The molecule has 1 unspecified atom stereocenters. The third kappa shape index (κ3) is 6.50. The summed E-state index contributed by atoms with van der Waals surface area (Å²) in [6.45, 7) is 1.76. The zero-order valence-corrected chi connectivity index (χ0v) is 20.3. The Labute approximate surface area is 197 Å². The van der Waals surface area contributed by atoms with E-state index in [1.54, 1.807) is 24.9 Å². The quantitative estimate of drug-likeness (QED) is 0.366.